The van der Waals surface area contributed by atoms with Gasteiger partial charge in [-0.05, 0) is 23.1 Å². The largest absolute Gasteiger partial charge is 0.511 e. The summed E-state index contributed by atoms with van der Waals surface area (Å²) in [5.41, 5.74) is 1.02. The van der Waals surface area contributed by atoms with Crippen LogP contribution in [0.25, 0.3) is 26.7 Å². The summed E-state index contributed by atoms with van der Waals surface area (Å²) in [6.45, 7) is 0. The summed E-state index contributed by atoms with van der Waals surface area (Å²) >= 11 is 1.40. The minimum absolute atomic E-state index is 0.0847. The number of rotatable bonds is 2. The Bertz CT molecular complexity index is 1130. The van der Waals surface area contributed by atoms with Crippen LogP contribution < -0.4 is 10.3 Å². The molecule has 0 aliphatic carbocycles. The van der Waals surface area contributed by atoms with E-state index in [0.29, 0.717) is 16.6 Å². The Labute approximate surface area is 139 Å². The molecule has 7 heteroatoms. The van der Waals surface area contributed by atoms with E-state index in [1.165, 1.54) is 21.9 Å². The third-order valence-electron chi connectivity index (χ3n) is 3.65. The molecule has 4 rings (SSSR count). The van der Waals surface area contributed by atoms with Gasteiger partial charge in [0, 0.05) is 5.39 Å². The fraction of sp³-hybridized carbons (Fsp3) is 0. The van der Waals surface area contributed by atoms with Crippen LogP contribution in [0.5, 0.6) is 5.75 Å². The molecule has 0 radical (unpaired) electrons. The van der Waals surface area contributed by atoms with Crippen molar-refractivity contribution < 1.29 is 14.6 Å². The van der Waals surface area contributed by atoms with Crippen LogP contribution in [-0.4, -0.2) is 20.9 Å². The third-order valence-corrected chi connectivity index (χ3v) is 4.59. The average Bonchev–Trinajstić information content (AvgIpc) is 3.06. The lowest BCUT2D eigenvalue weighted by Gasteiger charge is -2.10. The van der Waals surface area contributed by atoms with Gasteiger partial charge in [-0.15, -0.1) is 11.3 Å². The molecule has 3 aromatic heterocycles. The number of hydrogen-bond acceptors (Lipinski definition) is 5. The molecule has 0 aliphatic rings. The zero-order chi connectivity index (χ0) is 16.7. The Morgan fingerprint density at radius 2 is 2.00 bits per heavy atom. The predicted molar refractivity (Wildman–Crippen MR) is 90.9 cm³/mol. The second-order valence-electron chi connectivity index (χ2n) is 5.07. The van der Waals surface area contributed by atoms with Crippen LogP contribution >= 0.6 is 11.3 Å². The van der Waals surface area contributed by atoms with Crippen LogP contribution in [0.3, 0.4) is 0 Å². The topological polar surface area (TPSA) is 80.9 Å². The van der Waals surface area contributed by atoms with Gasteiger partial charge in [0.15, 0.2) is 5.75 Å². The molecular weight excluding hydrogens is 328 g/mol. The van der Waals surface area contributed by atoms with Crippen molar-refractivity contribution in [1.82, 2.24) is 9.61 Å². The first kappa shape index (κ1) is 14.4. The minimum atomic E-state index is -1.44. The van der Waals surface area contributed by atoms with E-state index >= 15 is 0 Å². The number of hydrogen-bond donors (Lipinski definition) is 1. The number of fused-ring (bicyclic) bond motifs is 3. The van der Waals surface area contributed by atoms with Crippen molar-refractivity contribution in [3.05, 3.63) is 64.4 Å². The molecule has 0 aliphatic heterocycles. The summed E-state index contributed by atoms with van der Waals surface area (Å²) < 4.78 is 6.89. The Morgan fingerprint density at radius 3 is 2.75 bits per heavy atom. The molecule has 0 unspecified atom stereocenters. The van der Waals surface area contributed by atoms with Crippen LogP contribution in [0, 0.1) is 0 Å². The van der Waals surface area contributed by atoms with E-state index in [0.717, 1.165) is 10.1 Å². The normalized spacial score (nSPS) is 11.0. The molecule has 6 nitrogen and oxygen atoms in total. The van der Waals surface area contributed by atoms with E-state index in [2.05, 4.69) is 5.10 Å². The molecule has 1 aromatic carbocycles. The van der Waals surface area contributed by atoms with Gasteiger partial charge in [0.1, 0.15) is 5.52 Å². The van der Waals surface area contributed by atoms with Gasteiger partial charge in [-0.25, -0.2) is 4.79 Å². The van der Waals surface area contributed by atoms with E-state index in [4.69, 9.17) is 9.84 Å². The Morgan fingerprint density at radius 1 is 1.21 bits per heavy atom. The zero-order valence-corrected chi connectivity index (χ0v) is 13.0. The molecule has 0 saturated carbocycles. The van der Waals surface area contributed by atoms with Crippen LogP contribution in [-0.2, 0) is 0 Å². The van der Waals surface area contributed by atoms with Crippen molar-refractivity contribution >= 4 is 33.1 Å². The SMILES string of the molecule is O=C(O)Oc1cc(-c2ccccc2)c(=O)n2ncc3ccsc3c12. The number of nitrogens with zero attached hydrogens (tertiary/aromatic N) is 2. The molecule has 0 atom stereocenters. The van der Waals surface area contributed by atoms with Gasteiger partial charge in [-0.2, -0.15) is 9.61 Å². The van der Waals surface area contributed by atoms with Gasteiger partial charge in [0.2, 0.25) is 0 Å². The second-order valence-corrected chi connectivity index (χ2v) is 5.99. The monoisotopic (exact) mass is 338 g/mol. The van der Waals surface area contributed by atoms with Crippen molar-refractivity contribution in [1.29, 1.82) is 0 Å². The molecule has 3 heterocycles. The first-order chi connectivity index (χ1) is 11.6. The van der Waals surface area contributed by atoms with Gasteiger partial charge in [-0.3, -0.25) is 4.79 Å². The summed E-state index contributed by atoms with van der Waals surface area (Å²) in [6.07, 6.45) is 0.141. The van der Waals surface area contributed by atoms with Crippen LogP contribution in [0.4, 0.5) is 4.79 Å². The number of pyridine rings is 1. The zero-order valence-electron chi connectivity index (χ0n) is 12.2. The summed E-state index contributed by atoms with van der Waals surface area (Å²) in [4.78, 5) is 23.9. The summed E-state index contributed by atoms with van der Waals surface area (Å²) in [5.74, 6) is 0.0847. The third kappa shape index (κ3) is 2.22. The van der Waals surface area contributed by atoms with Crippen molar-refractivity contribution in [2.24, 2.45) is 0 Å². The van der Waals surface area contributed by atoms with E-state index in [1.807, 2.05) is 17.5 Å². The van der Waals surface area contributed by atoms with Crippen LogP contribution in [0.15, 0.2) is 58.8 Å². The highest BCUT2D eigenvalue weighted by molar-refractivity contribution is 7.18. The molecule has 4 aromatic rings. The summed E-state index contributed by atoms with van der Waals surface area (Å²) in [7, 11) is 0. The molecule has 0 fully saturated rings. The number of carboxylic acid groups (broad SMARTS) is 1. The molecule has 24 heavy (non-hydrogen) atoms. The molecule has 118 valence electrons. The number of ether oxygens (including phenoxy) is 1. The van der Waals surface area contributed by atoms with E-state index in [9.17, 15) is 9.59 Å². The van der Waals surface area contributed by atoms with Crippen molar-refractivity contribution in [3.63, 3.8) is 0 Å². The molecule has 0 bridgehead atoms. The molecule has 0 spiro atoms. The smallest absolute Gasteiger partial charge is 0.449 e. The molecule has 0 saturated heterocycles. The average molecular weight is 338 g/mol. The highest BCUT2D eigenvalue weighted by Crippen LogP contribution is 2.32. The van der Waals surface area contributed by atoms with Crippen molar-refractivity contribution in [2.75, 3.05) is 0 Å². The van der Waals surface area contributed by atoms with E-state index in [1.54, 1.807) is 30.5 Å². The number of thiophene rings is 1. The van der Waals surface area contributed by atoms with Gasteiger partial charge in [-0.1, -0.05) is 30.3 Å². The van der Waals surface area contributed by atoms with E-state index in [-0.39, 0.29) is 11.3 Å². The highest BCUT2D eigenvalue weighted by atomic mass is 32.1. The van der Waals surface area contributed by atoms with E-state index < -0.39 is 6.16 Å². The molecule has 1 N–H and O–H groups in total. The molecule has 0 amide bonds. The first-order valence-electron chi connectivity index (χ1n) is 7.03. The molecular formula is C17H10N2O4S. The van der Waals surface area contributed by atoms with Crippen LogP contribution in [0.2, 0.25) is 0 Å². The lowest BCUT2D eigenvalue weighted by Crippen LogP contribution is -2.19. The lowest BCUT2D eigenvalue weighted by molar-refractivity contribution is 0.145. The highest BCUT2D eigenvalue weighted by Gasteiger charge is 2.18. The van der Waals surface area contributed by atoms with Crippen molar-refractivity contribution in [2.45, 2.75) is 0 Å². The number of benzene rings is 1. The Balaban J connectivity index is 2.14. The standard InChI is InChI=1S/C17H10N2O4S/c20-16-12(10-4-2-1-3-5-10)8-13(23-17(21)22)14-15-11(6-7-24-15)9-18-19(14)16/h1-9H,(H,21,22). The van der Waals surface area contributed by atoms with Gasteiger partial charge >= 0.3 is 6.16 Å². The number of aromatic nitrogens is 2. The predicted octanol–water partition coefficient (Wildman–Crippen LogP) is 3.63. The van der Waals surface area contributed by atoms with Crippen LogP contribution in [0.1, 0.15) is 0 Å². The van der Waals surface area contributed by atoms with Gasteiger partial charge in [0.05, 0.1) is 16.5 Å². The minimum Gasteiger partial charge on any atom is -0.449 e. The number of carbonyl (C=O) groups is 1. The van der Waals surface area contributed by atoms with Gasteiger partial charge < -0.3 is 9.84 Å². The maximum atomic E-state index is 12.8. The lowest BCUT2D eigenvalue weighted by atomic mass is 10.1. The van der Waals surface area contributed by atoms with Crippen molar-refractivity contribution in [3.8, 4) is 16.9 Å². The fourth-order valence-corrected chi connectivity index (χ4v) is 3.54. The van der Waals surface area contributed by atoms with Gasteiger partial charge in [0.25, 0.3) is 5.56 Å². The second kappa shape index (κ2) is 5.47. The summed E-state index contributed by atoms with van der Waals surface area (Å²) in [6, 6.07) is 12.3. The quantitative estimate of drug-likeness (QED) is 0.564. The maximum absolute atomic E-state index is 12.8. The maximum Gasteiger partial charge on any atom is 0.511 e. The fourth-order valence-electron chi connectivity index (χ4n) is 2.63. The summed E-state index contributed by atoms with van der Waals surface area (Å²) in [5, 5.41) is 15.9. The Kier molecular flexibility index (Phi) is 3.28. The Hall–Kier alpha value is -3.19. The first-order valence-corrected chi connectivity index (χ1v) is 7.91.